The molecule has 12 N–H and O–H groups in total. The van der Waals surface area contributed by atoms with Gasteiger partial charge in [-0.05, 0) is 25.2 Å². The molecular weight excluding hydrogens is 466 g/mol. The molecule has 0 aliphatic carbocycles. The Morgan fingerprint density at radius 3 is 1.91 bits per heavy atom. The first-order valence-electron chi connectivity index (χ1n) is 11.1. The normalized spacial score (nSPS) is 15.0. The van der Waals surface area contributed by atoms with Crippen molar-refractivity contribution in [2.75, 3.05) is 13.2 Å². The lowest BCUT2D eigenvalue weighted by atomic mass is 9.98. The number of hydrogen-bond acceptors (Lipinski definition) is 8. The highest BCUT2D eigenvalue weighted by atomic mass is 16.4. The number of aliphatic hydroxyl groups excluding tert-OH is 1. The van der Waals surface area contributed by atoms with Crippen LogP contribution >= 0.6 is 0 Å². The van der Waals surface area contributed by atoms with Crippen LogP contribution in [0.4, 0.5) is 0 Å². The van der Waals surface area contributed by atoms with E-state index in [4.69, 9.17) is 22.3 Å². The molecule has 0 rings (SSSR count). The molecule has 0 aromatic heterocycles. The third-order valence-corrected chi connectivity index (χ3v) is 5.22. The van der Waals surface area contributed by atoms with Gasteiger partial charge in [-0.1, -0.05) is 20.3 Å². The molecule has 0 aliphatic rings. The molecule has 0 aliphatic heterocycles. The molecule has 0 saturated carbocycles. The summed E-state index contributed by atoms with van der Waals surface area (Å²) in [4.78, 5) is 63.7. The van der Waals surface area contributed by atoms with Crippen molar-refractivity contribution in [1.82, 2.24) is 16.0 Å². The average Bonchev–Trinajstić information content (AvgIpc) is 2.79. The SMILES string of the molecule is CCC(C)C(N)C(=O)NC(CCC(=O)O)C(=O)NC(CO)C(=O)NC(CCCN=C(N)N)C(=O)O. The van der Waals surface area contributed by atoms with E-state index in [0.717, 1.165) is 0 Å². The van der Waals surface area contributed by atoms with Crippen molar-refractivity contribution in [3.05, 3.63) is 0 Å². The van der Waals surface area contributed by atoms with E-state index >= 15 is 0 Å². The van der Waals surface area contributed by atoms with Gasteiger partial charge in [0.05, 0.1) is 12.6 Å². The lowest BCUT2D eigenvalue weighted by molar-refractivity contribution is -0.142. The van der Waals surface area contributed by atoms with Gasteiger partial charge in [0.15, 0.2) is 5.96 Å². The first-order valence-corrected chi connectivity index (χ1v) is 11.1. The fourth-order valence-electron chi connectivity index (χ4n) is 2.82. The minimum absolute atomic E-state index is 0.0330. The van der Waals surface area contributed by atoms with Crippen molar-refractivity contribution in [3.8, 4) is 0 Å². The minimum atomic E-state index is -1.56. The molecule has 35 heavy (non-hydrogen) atoms. The number of amides is 3. The number of carbonyl (C=O) groups is 5. The Bertz CT molecular complexity index is 773. The van der Waals surface area contributed by atoms with Crippen LogP contribution in [0.25, 0.3) is 0 Å². The van der Waals surface area contributed by atoms with Crippen LogP contribution in [0.2, 0.25) is 0 Å². The quantitative estimate of drug-likeness (QED) is 0.0541. The highest BCUT2D eigenvalue weighted by Gasteiger charge is 2.31. The fourth-order valence-corrected chi connectivity index (χ4v) is 2.82. The standard InChI is InChI=1S/C20H37N7O8/c1-3-10(2)15(21)18(33)25-11(6-7-14(29)30)16(31)27-13(9-28)17(32)26-12(19(34)35)5-4-8-24-20(22)23/h10-13,15,28H,3-9,21H2,1-2H3,(H,25,33)(H,26,32)(H,27,31)(H,29,30)(H,34,35)(H4,22,23,24). The third kappa shape index (κ3) is 12.5. The zero-order valence-corrected chi connectivity index (χ0v) is 19.9. The molecule has 15 heteroatoms. The number of nitrogens with one attached hydrogen (secondary N) is 3. The molecule has 0 heterocycles. The topological polar surface area (TPSA) is 273 Å². The maximum absolute atomic E-state index is 12.7. The van der Waals surface area contributed by atoms with Gasteiger partial charge in [-0.2, -0.15) is 0 Å². The highest BCUT2D eigenvalue weighted by molar-refractivity contribution is 5.94. The number of carboxylic acid groups (broad SMARTS) is 2. The summed E-state index contributed by atoms with van der Waals surface area (Å²) in [5, 5.41) is 34.6. The van der Waals surface area contributed by atoms with Gasteiger partial charge in [0.1, 0.15) is 18.1 Å². The Morgan fingerprint density at radius 2 is 1.43 bits per heavy atom. The molecule has 0 aromatic rings. The van der Waals surface area contributed by atoms with Gasteiger partial charge in [0, 0.05) is 13.0 Å². The van der Waals surface area contributed by atoms with Crippen molar-refractivity contribution in [2.24, 2.45) is 28.1 Å². The molecule has 5 atom stereocenters. The second-order valence-corrected chi connectivity index (χ2v) is 8.00. The summed E-state index contributed by atoms with van der Waals surface area (Å²) < 4.78 is 0. The van der Waals surface area contributed by atoms with E-state index in [1.165, 1.54) is 0 Å². The number of nitrogens with two attached hydrogens (primary N) is 3. The maximum atomic E-state index is 12.7. The van der Waals surface area contributed by atoms with Crippen LogP contribution in [-0.2, 0) is 24.0 Å². The van der Waals surface area contributed by atoms with Gasteiger partial charge in [-0.25, -0.2) is 4.79 Å². The molecule has 5 unspecified atom stereocenters. The Balaban J connectivity index is 5.29. The number of hydrogen-bond donors (Lipinski definition) is 9. The molecule has 0 aromatic carbocycles. The van der Waals surface area contributed by atoms with Crippen LogP contribution in [0.5, 0.6) is 0 Å². The summed E-state index contributed by atoms with van der Waals surface area (Å²) in [6.45, 7) is 2.80. The Kier molecular flexibility index (Phi) is 14.6. The second kappa shape index (κ2) is 16.2. The van der Waals surface area contributed by atoms with Gasteiger partial charge < -0.3 is 48.5 Å². The van der Waals surface area contributed by atoms with Crippen LogP contribution in [-0.4, -0.2) is 88.3 Å². The van der Waals surface area contributed by atoms with Gasteiger partial charge in [0.2, 0.25) is 17.7 Å². The molecule has 0 bridgehead atoms. The Hall–Kier alpha value is -3.46. The van der Waals surface area contributed by atoms with Gasteiger partial charge >= 0.3 is 11.9 Å². The Morgan fingerprint density at radius 1 is 0.886 bits per heavy atom. The summed E-state index contributed by atoms with van der Waals surface area (Å²) in [6.07, 6.45) is 0.00998. The van der Waals surface area contributed by atoms with Gasteiger partial charge in [-0.3, -0.25) is 24.2 Å². The minimum Gasteiger partial charge on any atom is -0.481 e. The monoisotopic (exact) mass is 503 g/mol. The lowest BCUT2D eigenvalue weighted by Gasteiger charge is -2.25. The number of carboxylic acids is 2. The predicted octanol–water partition coefficient (Wildman–Crippen LogP) is -3.19. The van der Waals surface area contributed by atoms with Crippen molar-refractivity contribution in [1.29, 1.82) is 0 Å². The Labute approximate surface area is 202 Å². The zero-order valence-electron chi connectivity index (χ0n) is 19.9. The zero-order chi connectivity index (χ0) is 27.1. The van der Waals surface area contributed by atoms with Crippen molar-refractivity contribution in [3.63, 3.8) is 0 Å². The number of aliphatic hydroxyl groups is 1. The summed E-state index contributed by atoms with van der Waals surface area (Å²) in [5.41, 5.74) is 16.2. The van der Waals surface area contributed by atoms with E-state index in [-0.39, 0.29) is 37.7 Å². The summed E-state index contributed by atoms with van der Waals surface area (Å²) in [5.74, 6) is -5.56. The smallest absolute Gasteiger partial charge is 0.326 e. The van der Waals surface area contributed by atoms with Crippen molar-refractivity contribution >= 4 is 35.6 Å². The number of nitrogens with zero attached hydrogens (tertiary/aromatic N) is 1. The fraction of sp³-hybridized carbons (Fsp3) is 0.700. The summed E-state index contributed by atoms with van der Waals surface area (Å²) in [7, 11) is 0. The first kappa shape index (κ1) is 31.5. The molecule has 0 fully saturated rings. The van der Waals surface area contributed by atoms with Crippen LogP contribution in [0, 0.1) is 5.92 Å². The number of rotatable bonds is 17. The number of carbonyl (C=O) groups excluding carboxylic acids is 3. The third-order valence-electron chi connectivity index (χ3n) is 5.22. The van der Waals surface area contributed by atoms with Gasteiger partial charge in [0.25, 0.3) is 0 Å². The largest absolute Gasteiger partial charge is 0.481 e. The second-order valence-electron chi connectivity index (χ2n) is 8.00. The van der Waals surface area contributed by atoms with Gasteiger partial charge in [-0.15, -0.1) is 0 Å². The van der Waals surface area contributed by atoms with Crippen LogP contribution in [0.1, 0.15) is 46.0 Å². The number of guanidine groups is 1. The first-order chi connectivity index (χ1) is 16.3. The maximum Gasteiger partial charge on any atom is 0.326 e. The predicted molar refractivity (Wildman–Crippen MR) is 125 cm³/mol. The van der Waals surface area contributed by atoms with E-state index in [1.807, 2.05) is 6.92 Å². The number of aliphatic imine (C=N–C) groups is 1. The van der Waals surface area contributed by atoms with Crippen LogP contribution in [0.3, 0.4) is 0 Å². The van der Waals surface area contributed by atoms with Crippen LogP contribution in [0.15, 0.2) is 4.99 Å². The van der Waals surface area contributed by atoms with E-state index in [2.05, 4.69) is 20.9 Å². The molecule has 0 spiro atoms. The molecule has 0 radical (unpaired) electrons. The van der Waals surface area contributed by atoms with E-state index in [9.17, 15) is 34.2 Å². The highest BCUT2D eigenvalue weighted by Crippen LogP contribution is 2.07. The molecule has 0 saturated heterocycles. The average molecular weight is 504 g/mol. The summed E-state index contributed by atoms with van der Waals surface area (Å²) in [6, 6.07) is -5.22. The van der Waals surface area contributed by atoms with Crippen molar-refractivity contribution < 1.29 is 39.3 Å². The van der Waals surface area contributed by atoms with Crippen LogP contribution < -0.4 is 33.2 Å². The molecule has 3 amide bonds. The molecule has 200 valence electrons. The summed E-state index contributed by atoms with van der Waals surface area (Å²) >= 11 is 0. The van der Waals surface area contributed by atoms with Crippen molar-refractivity contribution in [2.45, 2.75) is 70.1 Å². The molecular formula is C20H37N7O8. The lowest BCUT2D eigenvalue weighted by Crippen LogP contribution is -2.58. The van der Waals surface area contributed by atoms with E-state index < -0.39 is 66.9 Å². The van der Waals surface area contributed by atoms with E-state index in [1.54, 1.807) is 6.92 Å². The molecule has 15 nitrogen and oxygen atoms in total. The van der Waals surface area contributed by atoms with E-state index in [0.29, 0.717) is 6.42 Å². The number of aliphatic carboxylic acids is 2.